The third-order valence-corrected chi connectivity index (χ3v) is 3.23. The van der Waals surface area contributed by atoms with Crippen molar-refractivity contribution in [2.24, 2.45) is 0 Å². The Morgan fingerprint density at radius 1 is 0.850 bits per heavy atom. The van der Waals surface area contributed by atoms with E-state index >= 15 is 0 Å². The molecule has 2 aromatic rings. The van der Waals surface area contributed by atoms with Gasteiger partial charge in [0.15, 0.2) is 12.4 Å². The molecule has 10 heteroatoms. The fourth-order valence-corrected chi connectivity index (χ4v) is 2.30. The van der Waals surface area contributed by atoms with Crippen LogP contribution in [0.25, 0.3) is 0 Å². The molecule has 0 spiro atoms. The highest BCUT2D eigenvalue weighted by Gasteiger charge is 2.64. The van der Waals surface area contributed by atoms with E-state index in [-0.39, 0.29) is 29.5 Å². The van der Waals surface area contributed by atoms with Crippen LogP contribution in [0.4, 0.5) is 17.3 Å². The van der Waals surface area contributed by atoms with E-state index in [4.69, 9.17) is 12.8 Å². The molecule has 0 bridgehead atoms. The summed E-state index contributed by atoms with van der Waals surface area (Å²) < 4.78 is 57.9. The van der Waals surface area contributed by atoms with Gasteiger partial charge in [-0.15, -0.1) is 12.8 Å². The van der Waals surface area contributed by atoms with Crippen LogP contribution in [0, 0.1) is 24.7 Å². The predicted octanol–water partition coefficient (Wildman–Crippen LogP) is -0.317. The Bertz CT molecular complexity index is 693. The second-order valence-electron chi connectivity index (χ2n) is 4.41. The lowest BCUT2D eigenvalue weighted by molar-refractivity contribution is -0.737. The van der Waals surface area contributed by atoms with Gasteiger partial charge in [-0.05, 0) is 0 Å². The maximum Gasteiger partial charge on any atom is 0.799 e. The Kier molecular flexibility index (Phi) is 2.16. The predicted molar refractivity (Wildman–Crippen MR) is 62.7 cm³/mol. The molecule has 2 aromatic heterocycles. The molecular formula is C10H6B2F4N4. The molecule has 1 aliphatic heterocycles. The number of aromatic nitrogens is 4. The van der Waals surface area contributed by atoms with Crippen LogP contribution < -0.4 is 9.19 Å². The van der Waals surface area contributed by atoms with Crippen molar-refractivity contribution in [1.82, 2.24) is 9.19 Å². The molecule has 3 heterocycles. The molecule has 0 saturated heterocycles. The first-order valence-corrected chi connectivity index (χ1v) is 5.57. The Balaban J connectivity index is 2.37. The molecule has 0 atom stereocenters. The van der Waals surface area contributed by atoms with Gasteiger partial charge in [0.05, 0.1) is 0 Å². The van der Waals surface area contributed by atoms with Crippen LogP contribution in [-0.4, -0.2) is 23.1 Å². The van der Waals surface area contributed by atoms with Crippen LogP contribution in [0.3, 0.4) is 0 Å². The molecule has 0 saturated carbocycles. The minimum atomic E-state index is -4.50. The summed E-state index contributed by atoms with van der Waals surface area (Å²) in [7, 11) is 0. The van der Waals surface area contributed by atoms with Crippen molar-refractivity contribution in [3.05, 3.63) is 35.9 Å². The molecule has 20 heavy (non-hydrogen) atoms. The molecule has 1 aliphatic rings. The average molecular weight is 280 g/mol. The van der Waals surface area contributed by atoms with E-state index in [1.165, 1.54) is 0 Å². The van der Waals surface area contributed by atoms with E-state index in [2.05, 4.69) is 11.8 Å². The van der Waals surface area contributed by atoms with Crippen LogP contribution in [0.5, 0.6) is 0 Å². The fraction of sp³-hybridized carbons (Fsp3) is 0. The number of fused-ring (bicyclic) bond motifs is 2. The number of nitrogens with zero attached hydrogens (tertiary/aromatic N) is 4. The SMILES string of the molecule is C#Cc1cn2[n+](c1)[B-](F)(F)n1cc(C#C)c[n+]1[B-]2(F)F. The topological polar surface area (TPSA) is 17.6 Å². The molecule has 0 aromatic carbocycles. The Morgan fingerprint density at radius 2 is 1.20 bits per heavy atom. The Hall–Kier alpha value is -2.61. The largest absolute Gasteiger partial charge is 0.799 e. The van der Waals surface area contributed by atoms with E-state index in [0.717, 1.165) is 24.8 Å². The van der Waals surface area contributed by atoms with Gasteiger partial charge in [-0.2, -0.15) is 0 Å². The van der Waals surface area contributed by atoms with Gasteiger partial charge < -0.3 is 17.3 Å². The lowest BCUT2D eigenvalue weighted by atomic mass is 9.92. The van der Waals surface area contributed by atoms with Gasteiger partial charge in [-0.3, -0.25) is 9.19 Å². The smallest absolute Gasteiger partial charge is 0.385 e. The first-order valence-electron chi connectivity index (χ1n) is 5.57. The van der Waals surface area contributed by atoms with Gasteiger partial charge in [-0.1, -0.05) is 11.8 Å². The van der Waals surface area contributed by atoms with Gasteiger partial charge in [0.2, 0.25) is 0 Å². The van der Waals surface area contributed by atoms with Gasteiger partial charge in [0.1, 0.15) is 11.1 Å². The molecule has 0 N–H and O–H groups in total. The number of halogens is 4. The average Bonchev–Trinajstić information content (AvgIpc) is 3.02. The van der Waals surface area contributed by atoms with Crippen molar-refractivity contribution in [3.8, 4) is 24.7 Å². The highest BCUT2D eigenvalue weighted by Crippen LogP contribution is 2.18. The molecule has 0 unspecified atom stereocenters. The minimum absolute atomic E-state index is 0.0587. The molecule has 100 valence electrons. The maximum atomic E-state index is 14.3. The highest BCUT2D eigenvalue weighted by molar-refractivity contribution is 6.60. The molecule has 0 amide bonds. The number of terminal acetylenes is 2. The molecule has 3 rings (SSSR count). The number of hydrogen-bond donors (Lipinski definition) is 0. The van der Waals surface area contributed by atoms with Crippen molar-refractivity contribution in [2.75, 3.05) is 0 Å². The zero-order valence-electron chi connectivity index (χ0n) is 9.92. The summed E-state index contributed by atoms with van der Waals surface area (Å²) in [5, 5.41) is 0. The second kappa shape index (κ2) is 3.48. The van der Waals surface area contributed by atoms with Crippen LogP contribution in [0.2, 0.25) is 0 Å². The fourth-order valence-electron chi connectivity index (χ4n) is 2.30. The highest BCUT2D eigenvalue weighted by atomic mass is 19.3. The molecule has 0 fully saturated rings. The van der Waals surface area contributed by atoms with E-state index in [1.54, 1.807) is 0 Å². The van der Waals surface area contributed by atoms with Crippen molar-refractivity contribution >= 4 is 13.9 Å². The third kappa shape index (κ3) is 1.31. The van der Waals surface area contributed by atoms with E-state index in [0.29, 0.717) is 0 Å². The lowest BCUT2D eigenvalue weighted by Crippen LogP contribution is -2.87. The summed E-state index contributed by atoms with van der Waals surface area (Å²) in [5.74, 6) is 4.12. The van der Waals surface area contributed by atoms with E-state index in [1.807, 2.05) is 0 Å². The third-order valence-electron chi connectivity index (χ3n) is 3.23. The lowest BCUT2D eigenvalue weighted by Gasteiger charge is -2.31. The monoisotopic (exact) mass is 280 g/mol. The molecule has 0 radical (unpaired) electrons. The van der Waals surface area contributed by atoms with Gasteiger partial charge in [0.25, 0.3) is 0 Å². The summed E-state index contributed by atoms with van der Waals surface area (Å²) in [6.07, 6.45) is 13.4. The van der Waals surface area contributed by atoms with Crippen molar-refractivity contribution in [1.29, 1.82) is 0 Å². The normalized spacial score (nSPS) is 17.7. The van der Waals surface area contributed by atoms with Crippen LogP contribution in [0.1, 0.15) is 11.1 Å². The minimum Gasteiger partial charge on any atom is -0.385 e. The summed E-state index contributed by atoms with van der Waals surface area (Å²) in [6, 6.07) is 0. The zero-order valence-corrected chi connectivity index (χ0v) is 9.92. The van der Waals surface area contributed by atoms with Gasteiger partial charge in [0, 0.05) is 12.4 Å². The summed E-state index contributed by atoms with van der Waals surface area (Å²) in [6.45, 7) is -9.00. The van der Waals surface area contributed by atoms with E-state index < -0.39 is 13.9 Å². The molecule has 4 nitrogen and oxygen atoms in total. The number of rotatable bonds is 0. The van der Waals surface area contributed by atoms with Crippen molar-refractivity contribution < 1.29 is 26.4 Å². The van der Waals surface area contributed by atoms with Gasteiger partial charge in [-0.25, -0.2) is 9.19 Å². The summed E-state index contributed by atoms with van der Waals surface area (Å²) >= 11 is 0. The Labute approximate surface area is 111 Å². The Morgan fingerprint density at radius 3 is 1.50 bits per heavy atom. The number of hydrogen-bond acceptors (Lipinski definition) is 0. The van der Waals surface area contributed by atoms with Crippen molar-refractivity contribution in [2.45, 2.75) is 0 Å². The summed E-state index contributed by atoms with van der Waals surface area (Å²) in [5.41, 5.74) is -0.117. The molecular weight excluding hydrogens is 274 g/mol. The second-order valence-corrected chi connectivity index (χ2v) is 4.41. The maximum absolute atomic E-state index is 14.3. The summed E-state index contributed by atoms with van der Waals surface area (Å²) in [4.78, 5) is 0. The van der Waals surface area contributed by atoms with Crippen molar-refractivity contribution in [3.63, 3.8) is 0 Å². The first-order chi connectivity index (χ1) is 9.32. The van der Waals surface area contributed by atoms with Gasteiger partial charge >= 0.3 is 13.9 Å². The standard InChI is InChI=1S/C10H6B2F4N4/c1-3-9-5-17-11(13,14)19-7-10(4-2)8-20(19)12(15,16)18(17)6-9/h1-2,5-8H. The van der Waals surface area contributed by atoms with Crippen LogP contribution >= 0.6 is 0 Å². The molecule has 0 aliphatic carbocycles. The quantitative estimate of drug-likeness (QED) is 0.358. The van der Waals surface area contributed by atoms with Crippen LogP contribution in [0.15, 0.2) is 24.8 Å². The van der Waals surface area contributed by atoms with E-state index in [9.17, 15) is 17.3 Å². The first kappa shape index (κ1) is 12.4. The van der Waals surface area contributed by atoms with Crippen LogP contribution in [-0.2, 0) is 0 Å². The zero-order chi connectivity index (χ0) is 14.7.